The Hall–Kier alpha value is -2.99. The molecule has 0 atom stereocenters. The number of ether oxygens (including phenoxy) is 1. The van der Waals surface area contributed by atoms with Crippen molar-refractivity contribution in [2.24, 2.45) is 0 Å². The summed E-state index contributed by atoms with van der Waals surface area (Å²) in [4.78, 5) is 12.3. The van der Waals surface area contributed by atoms with Crippen molar-refractivity contribution in [3.8, 4) is 11.5 Å². The summed E-state index contributed by atoms with van der Waals surface area (Å²) in [5.74, 6) is 0.669. The van der Waals surface area contributed by atoms with Crippen LogP contribution in [0, 0.1) is 0 Å². The third-order valence-corrected chi connectivity index (χ3v) is 4.23. The largest absolute Gasteiger partial charge is 0.506 e. The first-order chi connectivity index (χ1) is 12.9. The van der Waals surface area contributed by atoms with Crippen LogP contribution in [0.15, 0.2) is 54.7 Å². The first-order valence-electron chi connectivity index (χ1n) is 8.48. The highest BCUT2D eigenvalue weighted by Gasteiger charge is 2.12. The summed E-state index contributed by atoms with van der Waals surface area (Å²) in [6.45, 7) is 4.45. The highest BCUT2D eigenvalue weighted by atomic mass is 35.5. The minimum Gasteiger partial charge on any atom is -0.506 e. The molecular formula is C20H20ClN3O3. The first kappa shape index (κ1) is 18.8. The second kappa shape index (κ2) is 8.14. The van der Waals surface area contributed by atoms with Gasteiger partial charge in [-0.2, -0.15) is 5.10 Å². The van der Waals surface area contributed by atoms with Gasteiger partial charge in [-0.25, -0.2) is 4.68 Å². The van der Waals surface area contributed by atoms with Crippen LogP contribution in [0.1, 0.15) is 35.8 Å². The smallest absolute Gasteiger partial charge is 0.276 e. The molecule has 27 heavy (non-hydrogen) atoms. The van der Waals surface area contributed by atoms with Crippen LogP contribution < -0.4 is 10.1 Å². The molecule has 0 saturated heterocycles. The van der Waals surface area contributed by atoms with Crippen LogP contribution in [0.5, 0.6) is 11.5 Å². The van der Waals surface area contributed by atoms with E-state index in [1.54, 1.807) is 12.3 Å². The predicted octanol–water partition coefficient (Wildman–Crippen LogP) is 4.65. The summed E-state index contributed by atoms with van der Waals surface area (Å²) in [5, 5.41) is 17.0. The summed E-state index contributed by atoms with van der Waals surface area (Å²) in [5.41, 5.74) is 1.67. The normalized spacial score (nSPS) is 10.8. The van der Waals surface area contributed by atoms with Crippen molar-refractivity contribution >= 4 is 23.2 Å². The number of hydrogen-bond acceptors (Lipinski definition) is 4. The Morgan fingerprint density at radius 2 is 1.96 bits per heavy atom. The summed E-state index contributed by atoms with van der Waals surface area (Å²) < 4.78 is 7.20. The number of benzene rings is 2. The standard InChI is InChI=1S/C20H20ClN3O3/c1-13(2)14-3-6-16(7-4-14)27-12-24-10-9-17(23-24)20(26)22-18-11-15(21)5-8-19(18)25/h3-11,13,25H,12H2,1-2H3,(H,22,26). The average molecular weight is 386 g/mol. The molecule has 6 nitrogen and oxygen atoms in total. The summed E-state index contributed by atoms with van der Waals surface area (Å²) in [6.07, 6.45) is 1.65. The molecule has 0 aliphatic rings. The molecule has 0 radical (unpaired) electrons. The molecule has 0 bridgehead atoms. The van der Waals surface area contributed by atoms with Crippen molar-refractivity contribution in [3.05, 3.63) is 71.0 Å². The van der Waals surface area contributed by atoms with E-state index < -0.39 is 5.91 Å². The quantitative estimate of drug-likeness (QED) is 0.605. The predicted molar refractivity (Wildman–Crippen MR) is 104 cm³/mol. The van der Waals surface area contributed by atoms with E-state index in [-0.39, 0.29) is 23.9 Å². The number of nitrogens with zero attached hydrogens (tertiary/aromatic N) is 2. The van der Waals surface area contributed by atoms with Gasteiger partial charge in [-0.3, -0.25) is 4.79 Å². The van der Waals surface area contributed by atoms with Crippen molar-refractivity contribution < 1.29 is 14.6 Å². The molecule has 0 saturated carbocycles. The third-order valence-electron chi connectivity index (χ3n) is 3.99. The second-order valence-electron chi connectivity index (χ2n) is 6.35. The average Bonchev–Trinajstić information content (AvgIpc) is 3.12. The third kappa shape index (κ3) is 4.80. The highest BCUT2D eigenvalue weighted by Crippen LogP contribution is 2.26. The number of halogens is 1. The molecule has 0 aliphatic carbocycles. The topological polar surface area (TPSA) is 76.4 Å². The second-order valence-corrected chi connectivity index (χ2v) is 6.79. The van der Waals surface area contributed by atoms with Gasteiger partial charge in [-0.1, -0.05) is 37.6 Å². The van der Waals surface area contributed by atoms with E-state index in [9.17, 15) is 9.90 Å². The highest BCUT2D eigenvalue weighted by molar-refractivity contribution is 6.31. The number of hydrogen-bond donors (Lipinski definition) is 2. The van der Waals surface area contributed by atoms with Crippen LogP contribution in [0.3, 0.4) is 0 Å². The zero-order valence-corrected chi connectivity index (χ0v) is 15.8. The van der Waals surface area contributed by atoms with Gasteiger partial charge in [-0.05, 0) is 47.9 Å². The van der Waals surface area contributed by atoms with E-state index >= 15 is 0 Å². The molecule has 1 heterocycles. The van der Waals surface area contributed by atoms with Gasteiger partial charge in [0.05, 0.1) is 5.69 Å². The van der Waals surface area contributed by atoms with Crippen molar-refractivity contribution in [2.75, 3.05) is 5.32 Å². The number of nitrogens with one attached hydrogen (secondary N) is 1. The van der Waals surface area contributed by atoms with E-state index in [1.807, 2.05) is 24.3 Å². The van der Waals surface area contributed by atoms with Crippen LogP contribution in [-0.4, -0.2) is 20.8 Å². The fourth-order valence-corrected chi connectivity index (χ4v) is 2.61. The lowest BCUT2D eigenvalue weighted by Gasteiger charge is -2.09. The Labute approximate surface area is 162 Å². The number of phenols is 1. The van der Waals surface area contributed by atoms with Crippen LogP contribution in [0.4, 0.5) is 5.69 Å². The molecule has 3 rings (SSSR count). The number of anilines is 1. The first-order valence-corrected chi connectivity index (χ1v) is 8.86. The number of amides is 1. The molecule has 1 amide bonds. The lowest BCUT2D eigenvalue weighted by molar-refractivity contribution is 0.102. The number of aromatic nitrogens is 2. The molecule has 0 spiro atoms. The summed E-state index contributed by atoms with van der Waals surface area (Å²) in [7, 11) is 0. The van der Waals surface area contributed by atoms with Crippen LogP contribution in [-0.2, 0) is 6.73 Å². The van der Waals surface area contributed by atoms with E-state index in [0.29, 0.717) is 10.9 Å². The number of carbonyl (C=O) groups is 1. The minimum atomic E-state index is -0.451. The molecule has 1 aromatic heterocycles. The van der Waals surface area contributed by atoms with Gasteiger partial charge in [0.25, 0.3) is 5.91 Å². The van der Waals surface area contributed by atoms with E-state index in [4.69, 9.17) is 16.3 Å². The molecule has 0 unspecified atom stereocenters. The van der Waals surface area contributed by atoms with Gasteiger partial charge in [0.15, 0.2) is 12.4 Å². The van der Waals surface area contributed by atoms with E-state index in [1.165, 1.54) is 28.4 Å². The van der Waals surface area contributed by atoms with Crippen molar-refractivity contribution in [3.63, 3.8) is 0 Å². The Morgan fingerprint density at radius 3 is 2.67 bits per heavy atom. The monoisotopic (exact) mass is 385 g/mol. The summed E-state index contributed by atoms with van der Waals surface area (Å²) in [6, 6.07) is 13.9. The summed E-state index contributed by atoms with van der Waals surface area (Å²) >= 11 is 5.88. The number of aromatic hydroxyl groups is 1. The Kier molecular flexibility index (Phi) is 5.66. The van der Waals surface area contributed by atoms with Crippen LogP contribution >= 0.6 is 11.6 Å². The number of phenolic OH excluding ortho intramolecular Hbond substituents is 1. The molecule has 7 heteroatoms. The lowest BCUT2D eigenvalue weighted by atomic mass is 10.0. The molecule has 140 valence electrons. The van der Waals surface area contributed by atoms with Crippen molar-refractivity contribution in [1.29, 1.82) is 0 Å². The lowest BCUT2D eigenvalue weighted by Crippen LogP contribution is -2.14. The van der Waals surface area contributed by atoms with Crippen molar-refractivity contribution in [2.45, 2.75) is 26.5 Å². The maximum Gasteiger partial charge on any atom is 0.276 e. The molecule has 2 aromatic carbocycles. The van der Waals surface area contributed by atoms with Crippen molar-refractivity contribution in [1.82, 2.24) is 9.78 Å². The van der Waals surface area contributed by atoms with Crippen LogP contribution in [0.2, 0.25) is 5.02 Å². The zero-order chi connectivity index (χ0) is 19.4. The molecule has 2 N–H and O–H groups in total. The fourth-order valence-electron chi connectivity index (χ4n) is 2.44. The van der Waals surface area contributed by atoms with E-state index in [2.05, 4.69) is 24.3 Å². The van der Waals surface area contributed by atoms with Gasteiger partial charge < -0.3 is 15.2 Å². The zero-order valence-electron chi connectivity index (χ0n) is 15.0. The fraction of sp³-hybridized carbons (Fsp3) is 0.200. The van der Waals surface area contributed by atoms with Gasteiger partial charge in [0, 0.05) is 11.2 Å². The van der Waals surface area contributed by atoms with Gasteiger partial charge in [0.2, 0.25) is 0 Å². The molecule has 3 aromatic rings. The maximum atomic E-state index is 12.3. The van der Waals surface area contributed by atoms with Gasteiger partial charge >= 0.3 is 0 Å². The van der Waals surface area contributed by atoms with E-state index in [0.717, 1.165) is 5.75 Å². The maximum absolute atomic E-state index is 12.3. The Bertz CT molecular complexity index is 936. The number of rotatable bonds is 6. The molecule has 0 aliphatic heterocycles. The minimum absolute atomic E-state index is 0.0691. The number of carbonyl (C=O) groups excluding carboxylic acids is 1. The van der Waals surface area contributed by atoms with Crippen LogP contribution in [0.25, 0.3) is 0 Å². The van der Waals surface area contributed by atoms with Gasteiger partial charge in [0.1, 0.15) is 11.5 Å². The van der Waals surface area contributed by atoms with Gasteiger partial charge in [-0.15, -0.1) is 0 Å². The molecule has 0 fully saturated rings. The molecular weight excluding hydrogens is 366 g/mol. The Morgan fingerprint density at radius 1 is 1.22 bits per heavy atom. The SMILES string of the molecule is CC(C)c1ccc(OCn2ccc(C(=O)Nc3cc(Cl)ccc3O)n2)cc1. The Balaban J connectivity index is 1.60.